The summed E-state index contributed by atoms with van der Waals surface area (Å²) in [4.78, 5) is 23.7. The van der Waals surface area contributed by atoms with Gasteiger partial charge in [-0.3, -0.25) is 4.79 Å². The first-order valence-electron chi connectivity index (χ1n) is 20.2. The Morgan fingerprint density at radius 2 is 1.24 bits per heavy atom. The Hall–Kier alpha value is -6.86. The fourth-order valence-corrected chi connectivity index (χ4v) is 6.76. The van der Waals surface area contributed by atoms with Crippen molar-refractivity contribution in [3.05, 3.63) is 196 Å². The third kappa shape index (κ3) is 13.6. The molecular weight excluding hydrogens is 840 g/mol. The van der Waals surface area contributed by atoms with Crippen LogP contribution in [-0.4, -0.2) is 42.2 Å². The molecule has 7 aromatic rings. The van der Waals surface area contributed by atoms with Gasteiger partial charge < -0.3 is 40.8 Å². The van der Waals surface area contributed by atoms with E-state index in [4.69, 9.17) is 43.1 Å². The maximum atomic E-state index is 14.3. The van der Waals surface area contributed by atoms with Gasteiger partial charge in [-0.15, -0.1) is 0 Å². The Kier molecular flexibility index (Phi) is 15.6. The van der Waals surface area contributed by atoms with Crippen LogP contribution in [0.25, 0.3) is 0 Å². The molecule has 8 rings (SSSR count). The molecule has 0 spiro atoms. The number of halogens is 3. The van der Waals surface area contributed by atoms with Gasteiger partial charge in [0.15, 0.2) is 0 Å². The molecule has 1 fully saturated rings. The molecular formula is C49H46Cl2FN7O4. The van der Waals surface area contributed by atoms with E-state index in [1.54, 1.807) is 48.8 Å². The van der Waals surface area contributed by atoms with E-state index in [1.165, 1.54) is 17.7 Å². The monoisotopic (exact) mass is 885 g/mol. The zero-order valence-electron chi connectivity index (χ0n) is 34.3. The van der Waals surface area contributed by atoms with Gasteiger partial charge in [-0.2, -0.15) is 0 Å². The van der Waals surface area contributed by atoms with E-state index in [9.17, 15) is 9.18 Å². The Bertz CT molecular complexity index is 2550. The van der Waals surface area contributed by atoms with Crippen LogP contribution in [-0.2, 0) is 31.0 Å². The van der Waals surface area contributed by atoms with Crippen LogP contribution in [0.3, 0.4) is 0 Å². The number of hydrogen-bond acceptors (Lipinski definition) is 10. The van der Waals surface area contributed by atoms with Gasteiger partial charge >= 0.3 is 0 Å². The van der Waals surface area contributed by atoms with E-state index in [0.717, 1.165) is 29.3 Å². The van der Waals surface area contributed by atoms with Crippen molar-refractivity contribution in [2.24, 2.45) is 0 Å². The van der Waals surface area contributed by atoms with E-state index in [2.05, 4.69) is 38.1 Å². The van der Waals surface area contributed by atoms with Gasteiger partial charge in [-0.25, -0.2) is 14.4 Å². The molecule has 0 saturated carbocycles. The Balaban J connectivity index is 0.000000212. The minimum Gasteiger partial charge on any atom is -0.487 e. The van der Waals surface area contributed by atoms with Crippen molar-refractivity contribution in [1.29, 1.82) is 0 Å². The van der Waals surface area contributed by atoms with Crippen molar-refractivity contribution in [2.75, 3.05) is 52.9 Å². The molecule has 63 heavy (non-hydrogen) atoms. The molecule has 11 nitrogen and oxygen atoms in total. The number of nitrogens with zero attached hydrogens (tertiary/aromatic N) is 3. The number of nitrogens with two attached hydrogens (primary N) is 1. The molecule has 14 heteroatoms. The van der Waals surface area contributed by atoms with Gasteiger partial charge in [0.2, 0.25) is 0 Å². The number of anilines is 5. The summed E-state index contributed by atoms with van der Waals surface area (Å²) in [5.41, 5.74) is 11.7. The standard InChI is InChI=1S/C30H28ClFN4O3.C19H18ClN3O/c31-28-8-6-25(35-30(37)22-14-24(32)17-26(16-22)36-10-12-38-13-11-36)15-23(28)20-39-27-7-9-29(34-19-27)33-18-21-4-2-1-3-5-21;20-18-8-6-16(21)10-15(18)13-24-17-7-9-19(23-12-17)22-11-14-4-2-1-3-5-14/h1-9,14-17,19H,10-13,18,20H2,(H,33,34)(H,35,37);1-10,12H,11,13,21H2,(H,22,23). The summed E-state index contributed by atoms with van der Waals surface area (Å²) in [5.74, 6) is 1.92. The van der Waals surface area contributed by atoms with Gasteiger partial charge in [0.05, 0.1) is 25.6 Å². The summed E-state index contributed by atoms with van der Waals surface area (Å²) in [6.45, 7) is 4.36. The highest BCUT2D eigenvalue weighted by molar-refractivity contribution is 6.31. The van der Waals surface area contributed by atoms with Crippen LogP contribution >= 0.6 is 23.2 Å². The number of nitrogens with one attached hydrogen (secondary N) is 3. The second kappa shape index (κ2) is 22.3. The zero-order chi connectivity index (χ0) is 43.8. The van der Waals surface area contributed by atoms with Gasteiger partial charge in [-0.1, -0.05) is 83.9 Å². The SMILES string of the molecule is Nc1ccc(Cl)c(COc2ccc(NCc3ccccc3)nc2)c1.O=C(Nc1ccc(Cl)c(COc2ccc(NCc3ccccc3)nc2)c1)c1cc(F)cc(N2CCOCC2)c1. The summed E-state index contributed by atoms with van der Waals surface area (Å²) in [7, 11) is 0. The molecule has 322 valence electrons. The van der Waals surface area contributed by atoms with E-state index >= 15 is 0 Å². The largest absolute Gasteiger partial charge is 0.487 e. The smallest absolute Gasteiger partial charge is 0.255 e. The fraction of sp³-hybridized carbons (Fsp3) is 0.163. The summed E-state index contributed by atoms with van der Waals surface area (Å²) in [6, 6.07) is 42.5. The first-order chi connectivity index (χ1) is 30.7. The number of carbonyl (C=O) groups excluding carboxylic acids is 1. The topological polar surface area (TPSA) is 136 Å². The molecule has 1 aliphatic heterocycles. The third-order valence-electron chi connectivity index (χ3n) is 9.79. The number of aromatic nitrogens is 2. The Labute approximate surface area is 376 Å². The predicted molar refractivity (Wildman–Crippen MR) is 249 cm³/mol. The Morgan fingerprint density at radius 3 is 1.79 bits per heavy atom. The minimum absolute atomic E-state index is 0.183. The van der Waals surface area contributed by atoms with E-state index in [0.29, 0.717) is 83.6 Å². The van der Waals surface area contributed by atoms with Gasteiger partial charge in [0.25, 0.3) is 5.91 Å². The van der Waals surface area contributed by atoms with Gasteiger partial charge in [0.1, 0.15) is 42.2 Å². The van der Waals surface area contributed by atoms with Crippen molar-refractivity contribution in [3.8, 4) is 11.5 Å². The van der Waals surface area contributed by atoms with Crippen LogP contribution in [0.15, 0.2) is 152 Å². The zero-order valence-corrected chi connectivity index (χ0v) is 35.8. The van der Waals surface area contributed by atoms with Crippen LogP contribution in [0.2, 0.25) is 10.0 Å². The number of carbonyl (C=O) groups is 1. The molecule has 1 aliphatic rings. The molecule has 0 atom stereocenters. The van der Waals surface area contributed by atoms with Crippen molar-refractivity contribution >= 4 is 57.8 Å². The number of pyridine rings is 2. The average Bonchev–Trinajstić information content (AvgIpc) is 3.32. The summed E-state index contributed by atoms with van der Waals surface area (Å²) in [6.07, 6.45) is 3.33. The number of rotatable bonds is 15. The van der Waals surface area contributed by atoms with Crippen LogP contribution < -0.4 is 36.1 Å². The molecule has 5 aromatic carbocycles. The van der Waals surface area contributed by atoms with Gasteiger partial charge in [0, 0.05) is 70.0 Å². The summed E-state index contributed by atoms with van der Waals surface area (Å²) < 4.78 is 31.3. The molecule has 0 bridgehead atoms. The lowest BCUT2D eigenvalue weighted by atomic mass is 10.1. The second-order valence-corrected chi connectivity index (χ2v) is 15.2. The predicted octanol–water partition coefficient (Wildman–Crippen LogP) is 10.7. The van der Waals surface area contributed by atoms with E-state index in [1.807, 2.05) is 83.8 Å². The molecule has 5 N–H and O–H groups in total. The number of amides is 1. The number of benzene rings is 5. The fourth-order valence-electron chi connectivity index (χ4n) is 6.42. The summed E-state index contributed by atoms with van der Waals surface area (Å²) in [5, 5.41) is 10.5. The normalized spacial score (nSPS) is 12.1. The molecule has 1 saturated heterocycles. The quantitative estimate of drug-likeness (QED) is 0.0737. The van der Waals surface area contributed by atoms with Crippen LogP contribution in [0.5, 0.6) is 11.5 Å². The number of hydrogen-bond donors (Lipinski definition) is 4. The van der Waals surface area contributed by atoms with E-state index in [-0.39, 0.29) is 12.2 Å². The number of nitrogen functional groups attached to an aromatic ring is 1. The number of morpholine rings is 1. The molecule has 0 unspecified atom stereocenters. The van der Waals surface area contributed by atoms with Crippen LogP contribution in [0.4, 0.5) is 33.1 Å². The van der Waals surface area contributed by atoms with Crippen molar-refractivity contribution < 1.29 is 23.4 Å². The maximum absolute atomic E-state index is 14.3. The average molecular weight is 887 g/mol. The Morgan fingerprint density at radius 1 is 0.683 bits per heavy atom. The first kappa shape index (κ1) is 44.2. The minimum atomic E-state index is -0.468. The summed E-state index contributed by atoms with van der Waals surface area (Å²) >= 11 is 12.5. The second-order valence-electron chi connectivity index (χ2n) is 14.4. The van der Waals surface area contributed by atoms with Crippen LogP contribution in [0, 0.1) is 5.82 Å². The lowest BCUT2D eigenvalue weighted by Crippen LogP contribution is -2.36. The lowest BCUT2D eigenvalue weighted by Gasteiger charge is -2.29. The molecule has 3 heterocycles. The highest BCUT2D eigenvalue weighted by Crippen LogP contribution is 2.26. The molecule has 0 radical (unpaired) electrons. The van der Waals surface area contributed by atoms with Crippen molar-refractivity contribution in [2.45, 2.75) is 26.3 Å². The highest BCUT2D eigenvalue weighted by Gasteiger charge is 2.16. The van der Waals surface area contributed by atoms with Crippen LogP contribution in [0.1, 0.15) is 32.6 Å². The van der Waals surface area contributed by atoms with E-state index < -0.39 is 11.7 Å². The highest BCUT2D eigenvalue weighted by atomic mass is 35.5. The maximum Gasteiger partial charge on any atom is 0.255 e. The molecule has 0 aliphatic carbocycles. The van der Waals surface area contributed by atoms with Crippen molar-refractivity contribution in [1.82, 2.24) is 9.97 Å². The first-order valence-corrected chi connectivity index (χ1v) is 21.0. The lowest BCUT2D eigenvalue weighted by molar-refractivity contribution is 0.102. The van der Waals surface area contributed by atoms with Crippen molar-refractivity contribution in [3.63, 3.8) is 0 Å². The number of ether oxygens (including phenoxy) is 3. The molecule has 2 aromatic heterocycles. The van der Waals surface area contributed by atoms with Gasteiger partial charge in [-0.05, 0) is 90.0 Å². The molecule has 1 amide bonds. The third-order valence-corrected chi connectivity index (χ3v) is 10.5.